The Kier molecular flexibility index (Phi) is 5.32. The van der Waals surface area contributed by atoms with Crippen molar-refractivity contribution in [3.05, 3.63) is 28.8 Å². The van der Waals surface area contributed by atoms with E-state index in [0.717, 1.165) is 0 Å². The number of carbonyl (C=O) groups is 2. The molecule has 0 spiro atoms. The summed E-state index contributed by atoms with van der Waals surface area (Å²) in [5, 5.41) is 11.5. The lowest BCUT2D eigenvalue weighted by Crippen LogP contribution is -2.36. The summed E-state index contributed by atoms with van der Waals surface area (Å²) < 4.78 is 0. The highest BCUT2D eigenvalue weighted by Gasteiger charge is 2.16. The van der Waals surface area contributed by atoms with Crippen molar-refractivity contribution in [1.29, 1.82) is 0 Å². The number of carboxylic acids is 1. The Morgan fingerprint density at radius 3 is 2.53 bits per heavy atom. The molecule has 0 aliphatic rings. The molecule has 1 unspecified atom stereocenters. The maximum atomic E-state index is 11.8. The Labute approximate surface area is 116 Å². The SMILES string of the molecule is CC(C)CC(N)C(=O)Nc1ccc(C(=O)O)c(Cl)c1. The van der Waals surface area contributed by atoms with E-state index in [1.165, 1.54) is 18.2 Å². The van der Waals surface area contributed by atoms with Crippen molar-refractivity contribution in [2.24, 2.45) is 11.7 Å². The number of aromatic carboxylic acids is 1. The summed E-state index contributed by atoms with van der Waals surface area (Å²) in [4.78, 5) is 22.6. The zero-order valence-corrected chi connectivity index (χ0v) is 11.6. The largest absolute Gasteiger partial charge is 0.478 e. The third kappa shape index (κ3) is 4.54. The third-order valence-electron chi connectivity index (χ3n) is 2.53. The van der Waals surface area contributed by atoms with Crippen LogP contribution in [0.15, 0.2) is 18.2 Å². The van der Waals surface area contributed by atoms with Gasteiger partial charge in [0.25, 0.3) is 0 Å². The zero-order chi connectivity index (χ0) is 14.6. The van der Waals surface area contributed by atoms with Gasteiger partial charge in [-0.05, 0) is 30.5 Å². The van der Waals surface area contributed by atoms with Gasteiger partial charge in [-0.15, -0.1) is 0 Å². The molecule has 1 atom stereocenters. The number of hydrogen-bond acceptors (Lipinski definition) is 3. The van der Waals surface area contributed by atoms with Crippen LogP contribution in [-0.4, -0.2) is 23.0 Å². The van der Waals surface area contributed by atoms with Crippen LogP contribution >= 0.6 is 11.6 Å². The van der Waals surface area contributed by atoms with E-state index < -0.39 is 12.0 Å². The van der Waals surface area contributed by atoms with E-state index in [2.05, 4.69) is 5.32 Å². The van der Waals surface area contributed by atoms with Crippen molar-refractivity contribution in [3.63, 3.8) is 0 Å². The molecule has 0 radical (unpaired) electrons. The summed E-state index contributed by atoms with van der Waals surface area (Å²) >= 11 is 5.81. The van der Waals surface area contributed by atoms with Gasteiger partial charge in [0.15, 0.2) is 0 Å². The minimum Gasteiger partial charge on any atom is -0.478 e. The average molecular weight is 285 g/mol. The fourth-order valence-electron chi connectivity index (χ4n) is 1.62. The molecular weight excluding hydrogens is 268 g/mol. The van der Waals surface area contributed by atoms with Crippen molar-refractivity contribution in [2.75, 3.05) is 5.32 Å². The smallest absolute Gasteiger partial charge is 0.337 e. The molecule has 0 saturated heterocycles. The lowest BCUT2D eigenvalue weighted by atomic mass is 10.0. The summed E-state index contributed by atoms with van der Waals surface area (Å²) in [5.74, 6) is -1.11. The van der Waals surface area contributed by atoms with Crippen molar-refractivity contribution >= 4 is 29.2 Å². The molecule has 4 N–H and O–H groups in total. The molecule has 0 aromatic heterocycles. The molecule has 5 nitrogen and oxygen atoms in total. The van der Waals surface area contributed by atoms with Crippen LogP contribution in [0.4, 0.5) is 5.69 Å². The summed E-state index contributed by atoms with van der Waals surface area (Å²) in [6, 6.07) is 3.62. The number of nitrogens with two attached hydrogens (primary N) is 1. The van der Waals surface area contributed by atoms with E-state index in [9.17, 15) is 9.59 Å². The zero-order valence-electron chi connectivity index (χ0n) is 10.8. The number of carbonyl (C=O) groups excluding carboxylic acids is 1. The Morgan fingerprint density at radius 1 is 1.42 bits per heavy atom. The van der Waals surface area contributed by atoms with E-state index in [1.54, 1.807) is 0 Å². The Hall–Kier alpha value is -1.59. The summed E-state index contributed by atoms with van der Waals surface area (Å²) in [6.45, 7) is 3.96. The van der Waals surface area contributed by atoms with Crippen LogP contribution in [0, 0.1) is 5.92 Å². The van der Waals surface area contributed by atoms with Gasteiger partial charge < -0.3 is 16.2 Å². The molecule has 6 heteroatoms. The maximum absolute atomic E-state index is 11.8. The molecule has 0 aliphatic carbocycles. The van der Waals surface area contributed by atoms with Crippen molar-refractivity contribution < 1.29 is 14.7 Å². The summed E-state index contributed by atoms with van der Waals surface area (Å²) in [7, 11) is 0. The van der Waals surface area contributed by atoms with Gasteiger partial charge in [-0.2, -0.15) is 0 Å². The Morgan fingerprint density at radius 2 is 2.05 bits per heavy atom. The maximum Gasteiger partial charge on any atom is 0.337 e. The number of benzene rings is 1. The molecule has 0 heterocycles. The molecule has 104 valence electrons. The molecule has 1 amide bonds. The van der Waals surface area contributed by atoms with Crippen LogP contribution in [0.25, 0.3) is 0 Å². The van der Waals surface area contributed by atoms with E-state index in [1.807, 2.05) is 13.8 Å². The standard InChI is InChI=1S/C13H17ClN2O3/c1-7(2)5-11(15)12(17)16-8-3-4-9(13(18)19)10(14)6-8/h3-4,6-7,11H,5,15H2,1-2H3,(H,16,17)(H,18,19). The topological polar surface area (TPSA) is 92.4 Å². The number of hydrogen-bond donors (Lipinski definition) is 3. The first-order valence-corrected chi connectivity index (χ1v) is 6.28. The molecule has 1 aromatic rings. The quantitative estimate of drug-likeness (QED) is 0.774. The number of rotatable bonds is 5. The van der Waals surface area contributed by atoms with Gasteiger partial charge in [0.05, 0.1) is 16.6 Å². The van der Waals surface area contributed by atoms with Crippen molar-refractivity contribution in [3.8, 4) is 0 Å². The second-order valence-corrected chi connectivity index (χ2v) is 5.13. The fraction of sp³-hybridized carbons (Fsp3) is 0.385. The fourth-order valence-corrected chi connectivity index (χ4v) is 1.88. The summed E-state index contributed by atoms with van der Waals surface area (Å²) in [6.07, 6.45) is 0.576. The molecule has 1 aromatic carbocycles. The lowest BCUT2D eigenvalue weighted by molar-refractivity contribution is -0.117. The first-order valence-electron chi connectivity index (χ1n) is 5.90. The number of nitrogens with one attached hydrogen (secondary N) is 1. The van der Waals surface area contributed by atoms with Gasteiger partial charge in [-0.25, -0.2) is 4.79 Å². The van der Waals surface area contributed by atoms with Gasteiger partial charge >= 0.3 is 5.97 Å². The number of carboxylic acid groups (broad SMARTS) is 1. The van der Waals surface area contributed by atoms with Crippen LogP contribution in [0.2, 0.25) is 5.02 Å². The molecule has 0 aliphatic heterocycles. The second-order valence-electron chi connectivity index (χ2n) is 4.73. The predicted molar refractivity (Wildman–Crippen MR) is 74.5 cm³/mol. The molecule has 0 fully saturated rings. The second kappa shape index (κ2) is 6.54. The number of halogens is 1. The Balaban J connectivity index is 2.75. The van der Waals surface area contributed by atoms with Crippen LogP contribution in [0.1, 0.15) is 30.6 Å². The van der Waals surface area contributed by atoms with Gasteiger partial charge in [-0.3, -0.25) is 4.79 Å². The van der Waals surface area contributed by atoms with Crippen LogP contribution in [-0.2, 0) is 4.79 Å². The van der Waals surface area contributed by atoms with E-state index in [4.69, 9.17) is 22.4 Å². The van der Waals surface area contributed by atoms with Gasteiger partial charge in [0, 0.05) is 5.69 Å². The van der Waals surface area contributed by atoms with E-state index in [-0.39, 0.29) is 16.5 Å². The average Bonchev–Trinajstić information content (AvgIpc) is 2.27. The van der Waals surface area contributed by atoms with Crippen molar-refractivity contribution in [1.82, 2.24) is 0 Å². The van der Waals surface area contributed by atoms with Gasteiger partial charge in [0.1, 0.15) is 0 Å². The van der Waals surface area contributed by atoms with E-state index in [0.29, 0.717) is 18.0 Å². The molecule has 0 saturated carbocycles. The lowest BCUT2D eigenvalue weighted by Gasteiger charge is -2.14. The minimum absolute atomic E-state index is 0.00820. The van der Waals surface area contributed by atoms with Gasteiger partial charge in [0.2, 0.25) is 5.91 Å². The molecule has 19 heavy (non-hydrogen) atoms. The molecular formula is C13H17ClN2O3. The number of amides is 1. The Bertz CT molecular complexity index is 489. The monoisotopic (exact) mass is 284 g/mol. The van der Waals surface area contributed by atoms with Gasteiger partial charge in [-0.1, -0.05) is 25.4 Å². The molecule has 0 bridgehead atoms. The highest BCUT2D eigenvalue weighted by Crippen LogP contribution is 2.21. The first-order chi connectivity index (χ1) is 8.81. The van der Waals surface area contributed by atoms with Crippen LogP contribution in [0.5, 0.6) is 0 Å². The van der Waals surface area contributed by atoms with E-state index >= 15 is 0 Å². The highest BCUT2D eigenvalue weighted by molar-refractivity contribution is 6.33. The summed E-state index contributed by atoms with van der Waals surface area (Å²) in [5.41, 5.74) is 6.16. The van der Waals surface area contributed by atoms with Crippen LogP contribution in [0.3, 0.4) is 0 Å². The minimum atomic E-state index is -1.11. The van der Waals surface area contributed by atoms with Crippen molar-refractivity contribution in [2.45, 2.75) is 26.3 Å². The van der Waals surface area contributed by atoms with Crippen LogP contribution < -0.4 is 11.1 Å². The highest BCUT2D eigenvalue weighted by atomic mass is 35.5. The number of anilines is 1. The predicted octanol–water partition coefficient (Wildman–Crippen LogP) is 2.35. The molecule has 1 rings (SSSR count). The third-order valence-corrected chi connectivity index (χ3v) is 2.84. The normalized spacial score (nSPS) is 12.3. The first kappa shape index (κ1) is 15.5.